The Morgan fingerprint density at radius 1 is 1.00 bits per heavy atom. The van der Waals surface area contributed by atoms with Gasteiger partial charge in [-0.05, 0) is 48.7 Å². The molecule has 2 atom stereocenters. The van der Waals surface area contributed by atoms with Crippen molar-refractivity contribution in [3.05, 3.63) is 60.2 Å². The molecule has 4 rings (SSSR count). The molecule has 0 radical (unpaired) electrons. The molecule has 1 N–H and O–H groups in total. The lowest BCUT2D eigenvalue weighted by molar-refractivity contribution is -0.114. The van der Waals surface area contributed by atoms with Crippen LogP contribution < -0.4 is 5.32 Å². The number of rotatable bonds is 4. The first-order valence-electron chi connectivity index (χ1n) is 9.60. The molecule has 2 fully saturated rings. The lowest BCUT2D eigenvalue weighted by atomic mass is 9.82. The maximum atomic E-state index is 13.1. The van der Waals surface area contributed by atoms with Crippen molar-refractivity contribution in [1.82, 2.24) is 9.21 Å². The highest BCUT2D eigenvalue weighted by molar-refractivity contribution is 7.89. The van der Waals surface area contributed by atoms with Gasteiger partial charge in [0.1, 0.15) is 0 Å². The largest absolute Gasteiger partial charge is 0.334 e. The fourth-order valence-corrected chi connectivity index (χ4v) is 5.50. The smallest absolute Gasteiger partial charge is 0.254 e. The summed E-state index contributed by atoms with van der Waals surface area (Å²) in [4.78, 5) is 25.9. The first-order chi connectivity index (χ1) is 13.9. The Balaban J connectivity index is 1.48. The second kappa shape index (κ2) is 7.61. The number of sulfonamides is 1. The number of likely N-dealkylation sites (tertiary alicyclic amines) is 1. The van der Waals surface area contributed by atoms with Crippen LogP contribution in [0.2, 0.25) is 0 Å². The van der Waals surface area contributed by atoms with Gasteiger partial charge in [-0.1, -0.05) is 18.2 Å². The number of nitrogens with zero attached hydrogens (tertiary/aromatic N) is 2. The molecule has 8 heteroatoms. The van der Waals surface area contributed by atoms with Gasteiger partial charge in [0.2, 0.25) is 15.9 Å². The van der Waals surface area contributed by atoms with Gasteiger partial charge in [0, 0.05) is 37.8 Å². The zero-order valence-electron chi connectivity index (χ0n) is 16.1. The van der Waals surface area contributed by atoms with Crippen LogP contribution in [0.1, 0.15) is 23.7 Å². The van der Waals surface area contributed by atoms with E-state index in [1.165, 1.54) is 23.4 Å². The topological polar surface area (TPSA) is 86.8 Å². The maximum Gasteiger partial charge on any atom is 0.254 e. The quantitative estimate of drug-likeness (QED) is 0.832. The Morgan fingerprint density at radius 3 is 2.34 bits per heavy atom. The number of hydrogen-bond donors (Lipinski definition) is 1. The molecule has 0 unspecified atom stereocenters. The van der Waals surface area contributed by atoms with Gasteiger partial charge in [-0.25, -0.2) is 8.42 Å². The zero-order valence-corrected chi connectivity index (χ0v) is 16.9. The van der Waals surface area contributed by atoms with E-state index in [1.54, 1.807) is 29.2 Å². The Morgan fingerprint density at radius 2 is 1.69 bits per heavy atom. The van der Waals surface area contributed by atoms with Gasteiger partial charge in [0.15, 0.2) is 0 Å². The lowest BCUT2D eigenvalue weighted by Gasteiger charge is -2.53. The number of benzene rings is 2. The molecule has 29 heavy (non-hydrogen) atoms. The first kappa shape index (κ1) is 19.6. The van der Waals surface area contributed by atoms with E-state index in [0.717, 1.165) is 6.42 Å². The lowest BCUT2D eigenvalue weighted by Crippen LogP contribution is -2.66. The van der Waals surface area contributed by atoms with Crippen LogP contribution in [0.4, 0.5) is 5.69 Å². The van der Waals surface area contributed by atoms with Crippen molar-refractivity contribution in [3.63, 3.8) is 0 Å². The Kier molecular flexibility index (Phi) is 5.14. The van der Waals surface area contributed by atoms with Crippen molar-refractivity contribution in [2.24, 2.45) is 5.92 Å². The predicted molar refractivity (Wildman–Crippen MR) is 109 cm³/mol. The Hall–Kier alpha value is -2.71. The van der Waals surface area contributed by atoms with E-state index in [9.17, 15) is 18.0 Å². The summed E-state index contributed by atoms with van der Waals surface area (Å²) in [6.45, 7) is 2.83. The summed E-state index contributed by atoms with van der Waals surface area (Å²) < 4.78 is 27.6. The van der Waals surface area contributed by atoms with E-state index in [1.807, 2.05) is 18.2 Å². The van der Waals surface area contributed by atoms with E-state index in [4.69, 9.17) is 0 Å². The molecule has 2 aromatic carbocycles. The van der Waals surface area contributed by atoms with Crippen molar-refractivity contribution >= 4 is 27.5 Å². The average molecular weight is 413 g/mol. The van der Waals surface area contributed by atoms with Crippen LogP contribution in [0, 0.1) is 5.92 Å². The molecular weight excluding hydrogens is 390 g/mol. The summed E-state index contributed by atoms with van der Waals surface area (Å²) in [7, 11) is -3.66. The number of hydrogen-bond acceptors (Lipinski definition) is 4. The van der Waals surface area contributed by atoms with Crippen LogP contribution >= 0.6 is 0 Å². The van der Waals surface area contributed by atoms with E-state index in [-0.39, 0.29) is 22.8 Å². The molecule has 0 saturated carbocycles. The van der Waals surface area contributed by atoms with E-state index in [2.05, 4.69) is 5.32 Å². The van der Waals surface area contributed by atoms with Crippen molar-refractivity contribution < 1.29 is 18.0 Å². The summed E-state index contributed by atoms with van der Waals surface area (Å²) >= 11 is 0. The van der Waals surface area contributed by atoms with Crippen molar-refractivity contribution in [3.8, 4) is 0 Å². The minimum absolute atomic E-state index is 0.0502. The second-order valence-corrected chi connectivity index (χ2v) is 9.45. The van der Waals surface area contributed by atoms with Gasteiger partial charge in [-0.2, -0.15) is 4.31 Å². The maximum absolute atomic E-state index is 13.1. The number of amides is 2. The van der Waals surface area contributed by atoms with E-state index in [0.29, 0.717) is 36.8 Å². The highest BCUT2D eigenvalue weighted by Gasteiger charge is 2.47. The number of nitrogens with one attached hydrogen (secondary N) is 1. The number of carbonyl (C=O) groups is 2. The van der Waals surface area contributed by atoms with Gasteiger partial charge < -0.3 is 10.2 Å². The van der Waals surface area contributed by atoms with E-state index >= 15 is 0 Å². The molecule has 2 aliphatic heterocycles. The van der Waals surface area contributed by atoms with E-state index < -0.39 is 10.0 Å². The predicted octanol–water partition coefficient (Wildman–Crippen LogP) is 2.18. The summed E-state index contributed by atoms with van der Waals surface area (Å²) in [5.41, 5.74) is 1.17. The third kappa shape index (κ3) is 3.77. The fourth-order valence-electron chi connectivity index (χ4n) is 4.03. The van der Waals surface area contributed by atoms with Crippen molar-refractivity contribution in [2.45, 2.75) is 24.3 Å². The molecule has 2 aliphatic rings. The van der Waals surface area contributed by atoms with Crippen LogP contribution in [0.15, 0.2) is 59.5 Å². The molecule has 2 saturated heterocycles. The molecule has 2 aromatic rings. The van der Waals surface area contributed by atoms with Gasteiger partial charge in [0.25, 0.3) is 5.91 Å². The Bertz CT molecular complexity index is 1020. The first-order valence-corrected chi connectivity index (χ1v) is 11.0. The molecule has 7 nitrogen and oxygen atoms in total. The van der Waals surface area contributed by atoms with Gasteiger partial charge in [-0.3, -0.25) is 9.59 Å². The third-order valence-electron chi connectivity index (χ3n) is 5.61. The minimum atomic E-state index is -3.66. The standard InChI is InChI=1S/C21H23N3O4S/c1-15(25)22-18-7-9-19(10-8-18)29(27,28)23-12-11-17-13-24(20(17)14-23)21(26)16-5-3-2-4-6-16/h2-10,17,20H,11-14H2,1H3,(H,22,25)/t17-,20-/m1/s1. The Labute approximate surface area is 170 Å². The van der Waals surface area contributed by atoms with Gasteiger partial charge in [-0.15, -0.1) is 0 Å². The SMILES string of the molecule is CC(=O)Nc1ccc(S(=O)(=O)N2CC[C@@H]3CN(C(=O)c4ccccc4)[C@@H]3C2)cc1. The minimum Gasteiger partial charge on any atom is -0.334 e. The number of carbonyl (C=O) groups excluding carboxylic acids is 2. The summed E-state index contributed by atoms with van der Waals surface area (Å²) in [6.07, 6.45) is 0.743. The molecule has 0 aromatic heterocycles. The van der Waals surface area contributed by atoms with Gasteiger partial charge in [0.05, 0.1) is 10.9 Å². The molecule has 2 amide bonds. The summed E-state index contributed by atoms with van der Waals surface area (Å²) in [5, 5.41) is 2.63. The summed E-state index contributed by atoms with van der Waals surface area (Å²) in [6, 6.07) is 15.1. The van der Waals surface area contributed by atoms with Gasteiger partial charge >= 0.3 is 0 Å². The van der Waals surface area contributed by atoms with Crippen molar-refractivity contribution in [2.75, 3.05) is 25.0 Å². The molecule has 152 valence electrons. The normalized spacial score (nSPS) is 21.8. The summed E-state index contributed by atoms with van der Waals surface area (Å²) in [5.74, 6) is 0.0813. The molecule has 0 aliphatic carbocycles. The number of piperidine rings is 1. The zero-order chi connectivity index (χ0) is 20.6. The number of anilines is 1. The van der Waals surface area contributed by atoms with Crippen LogP contribution in [-0.4, -0.2) is 55.1 Å². The highest BCUT2D eigenvalue weighted by Crippen LogP contribution is 2.35. The second-order valence-electron chi connectivity index (χ2n) is 7.51. The molecule has 2 heterocycles. The van der Waals surface area contributed by atoms with Crippen LogP contribution in [0.3, 0.4) is 0 Å². The molecular formula is C21H23N3O4S. The van der Waals surface area contributed by atoms with Crippen LogP contribution in [0.5, 0.6) is 0 Å². The highest BCUT2D eigenvalue weighted by atomic mass is 32.2. The third-order valence-corrected chi connectivity index (χ3v) is 7.49. The van der Waals surface area contributed by atoms with Crippen LogP contribution in [0.25, 0.3) is 0 Å². The monoisotopic (exact) mass is 413 g/mol. The molecule has 0 spiro atoms. The molecule has 0 bridgehead atoms. The number of fused-ring (bicyclic) bond motifs is 1. The van der Waals surface area contributed by atoms with Crippen molar-refractivity contribution in [1.29, 1.82) is 0 Å². The van der Waals surface area contributed by atoms with Crippen LogP contribution in [-0.2, 0) is 14.8 Å². The average Bonchev–Trinajstić information content (AvgIpc) is 2.69. The fraction of sp³-hybridized carbons (Fsp3) is 0.333.